The van der Waals surface area contributed by atoms with E-state index in [0.717, 1.165) is 38.5 Å². The van der Waals surface area contributed by atoms with E-state index >= 15 is 0 Å². The molecule has 0 aromatic rings. The average molecular weight is 338 g/mol. The van der Waals surface area contributed by atoms with Crippen LogP contribution in [0.5, 0.6) is 0 Å². The first-order chi connectivity index (χ1) is 11.5. The summed E-state index contributed by atoms with van der Waals surface area (Å²) < 4.78 is 0. The second kappa shape index (κ2) is 8.87. The standard InChI is InChI=1S/C20H34O4/c21-17(22)15-19(11-12-19)9-7-5-3-1-2-4-6-8-10-20(13-14-20)16-18(23)24/h1-16H2,(H,21,22)(H,23,24). The monoisotopic (exact) mass is 338 g/mol. The first-order valence-corrected chi connectivity index (χ1v) is 9.89. The van der Waals surface area contributed by atoms with Crippen molar-refractivity contribution in [1.29, 1.82) is 0 Å². The van der Waals surface area contributed by atoms with Crippen LogP contribution in [0.4, 0.5) is 0 Å². The molecule has 2 rings (SSSR count). The van der Waals surface area contributed by atoms with Crippen LogP contribution >= 0.6 is 0 Å². The molecular weight excluding hydrogens is 304 g/mol. The van der Waals surface area contributed by atoms with Gasteiger partial charge in [-0.1, -0.05) is 51.4 Å². The minimum Gasteiger partial charge on any atom is -0.481 e. The normalized spacial score (nSPS) is 19.8. The van der Waals surface area contributed by atoms with E-state index in [1.165, 1.54) is 51.4 Å². The molecule has 2 N–H and O–H groups in total. The molecule has 2 aliphatic carbocycles. The van der Waals surface area contributed by atoms with Crippen LogP contribution in [-0.4, -0.2) is 22.2 Å². The molecule has 2 aliphatic rings. The van der Waals surface area contributed by atoms with Crippen molar-refractivity contribution in [3.05, 3.63) is 0 Å². The van der Waals surface area contributed by atoms with E-state index in [0.29, 0.717) is 12.8 Å². The molecule has 0 aromatic carbocycles. The molecule has 2 saturated carbocycles. The lowest BCUT2D eigenvalue weighted by molar-refractivity contribution is -0.139. The molecule has 24 heavy (non-hydrogen) atoms. The predicted octanol–water partition coefficient (Wildman–Crippen LogP) is 5.40. The van der Waals surface area contributed by atoms with E-state index < -0.39 is 11.9 Å². The Morgan fingerprint density at radius 3 is 1.12 bits per heavy atom. The molecule has 0 spiro atoms. The Morgan fingerprint density at radius 1 is 0.583 bits per heavy atom. The Labute approximate surface area is 146 Å². The summed E-state index contributed by atoms with van der Waals surface area (Å²) >= 11 is 0. The van der Waals surface area contributed by atoms with Gasteiger partial charge in [0.1, 0.15) is 0 Å². The van der Waals surface area contributed by atoms with E-state index in [1.807, 2.05) is 0 Å². The fourth-order valence-corrected chi connectivity index (χ4v) is 4.09. The molecule has 0 aliphatic heterocycles. The van der Waals surface area contributed by atoms with Gasteiger partial charge in [-0.3, -0.25) is 9.59 Å². The SMILES string of the molecule is O=C(O)CC1(CCCCCCCCCCC2(CC(=O)O)CC2)CC1. The molecule has 0 heterocycles. The van der Waals surface area contributed by atoms with Gasteiger partial charge in [-0.15, -0.1) is 0 Å². The quantitative estimate of drug-likeness (QED) is 0.392. The topological polar surface area (TPSA) is 74.6 Å². The first kappa shape index (κ1) is 19.3. The van der Waals surface area contributed by atoms with Crippen molar-refractivity contribution in [3.8, 4) is 0 Å². The van der Waals surface area contributed by atoms with Crippen LogP contribution in [0.1, 0.15) is 103 Å². The number of carbonyl (C=O) groups is 2. The summed E-state index contributed by atoms with van der Waals surface area (Å²) in [6.07, 6.45) is 17.4. The number of hydrogen-bond acceptors (Lipinski definition) is 2. The molecule has 0 atom stereocenters. The van der Waals surface area contributed by atoms with E-state index in [1.54, 1.807) is 0 Å². The predicted molar refractivity (Wildman–Crippen MR) is 94.0 cm³/mol. The van der Waals surface area contributed by atoms with E-state index in [-0.39, 0.29) is 10.8 Å². The summed E-state index contributed by atoms with van der Waals surface area (Å²) in [5.74, 6) is -1.27. The molecule has 4 heteroatoms. The van der Waals surface area contributed by atoms with Crippen molar-refractivity contribution in [1.82, 2.24) is 0 Å². The maximum Gasteiger partial charge on any atom is 0.303 e. The molecule has 0 amide bonds. The van der Waals surface area contributed by atoms with Crippen LogP contribution in [0.2, 0.25) is 0 Å². The Bertz CT molecular complexity index is 381. The maximum absolute atomic E-state index is 10.8. The molecule has 0 unspecified atom stereocenters. The van der Waals surface area contributed by atoms with Crippen LogP contribution < -0.4 is 0 Å². The average Bonchev–Trinajstić information content (AvgIpc) is 3.40. The number of unbranched alkanes of at least 4 members (excludes halogenated alkanes) is 7. The lowest BCUT2D eigenvalue weighted by atomic mass is 9.93. The summed E-state index contributed by atoms with van der Waals surface area (Å²) in [6.45, 7) is 0. The van der Waals surface area contributed by atoms with Gasteiger partial charge in [0, 0.05) is 0 Å². The number of carboxylic acids is 2. The second-order valence-corrected chi connectivity index (χ2v) is 8.47. The lowest BCUT2D eigenvalue weighted by Gasteiger charge is -2.12. The van der Waals surface area contributed by atoms with Gasteiger partial charge in [-0.05, 0) is 49.4 Å². The molecular formula is C20H34O4. The van der Waals surface area contributed by atoms with E-state index in [9.17, 15) is 9.59 Å². The highest BCUT2D eigenvalue weighted by molar-refractivity contribution is 5.68. The first-order valence-electron chi connectivity index (χ1n) is 9.89. The zero-order chi connectivity index (χ0) is 17.5. The Kier molecular flexibility index (Phi) is 7.12. The fourth-order valence-electron chi connectivity index (χ4n) is 4.09. The zero-order valence-corrected chi connectivity index (χ0v) is 15.0. The van der Waals surface area contributed by atoms with Crippen molar-refractivity contribution >= 4 is 11.9 Å². The number of rotatable bonds is 15. The Morgan fingerprint density at radius 2 is 0.875 bits per heavy atom. The molecule has 0 radical (unpaired) electrons. The molecule has 138 valence electrons. The summed E-state index contributed by atoms with van der Waals surface area (Å²) in [5.41, 5.74) is 0.334. The van der Waals surface area contributed by atoms with E-state index in [2.05, 4.69) is 0 Å². The summed E-state index contributed by atoms with van der Waals surface area (Å²) in [7, 11) is 0. The van der Waals surface area contributed by atoms with Crippen LogP contribution in [0.15, 0.2) is 0 Å². The Hall–Kier alpha value is -1.06. The minimum absolute atomic E-state index is 0.167. The highest BCUT2D eigenvalue weighted by Crippen LogP contribution is 2.53. The molecule has 0 bridgehead atoms. The molecule has 0 saturated heterocycles. The number of carboxylic acid groups (broad SMARTS) is 2. The minimum atomic E-state index is -0.635. The van der Waals surface area contributed by atoms with Crippen LogP contribution in [0.3, 0.4) is 0 Å². The van der Waals surface area contributed by atoms with Crippen molar-refractivity contribution in [2.24, 2.45) is 10.8 Å². The van der Waals surface area contributed by atoms with Crippen LogP contribution in [0, 0.1) is 10.8 Å². The van der Waals surface area contributed by atoms with Gasteiger partial charge in [0.2, 0.25) is 0 Å². The third-order valence-electron chi connectivity index (χ3n) is 6.13. The fraction of sp³-hybridized carbons (Fsp3) is 0.900. The van der Waals surface area contributed by atoms with Crippen LogP contribution in [0.25, 0.3) is 0 Å². The third-order valence-corrected chi connectivity index (χ3v) is 6.13. The van der Waals surface area contributed by atoms with Gasteiger partial charge in [0.05, 0.1) is 12.8 Å². The zero-order valence-electron chi connectivity index (χ0n) is 15.0. The number of aliphatic carboxylic acids is 2. The largest absolute Gasteiger partial charge is 0.481 e. The van der Waals surface area contributed by atoms with Crippen molar-refractivity contribution in [3.63, 3.8) is 0 Å². The molecule has 0 aromatic heterocycles. The van der Waals surface area contributed by atoms with Crippen molar-refractivity contribution in [2.45, 2.75) is 103 Å². The summed E-state index contributed by atoms with van der Waals surface area (Å²) in [5, 5.41) is 17.8. The van der Waals surface area contributed by atoms with Crippen molar-refractivity contribution < 1.29 is 19.8 Å². The maximum atomic E-state index is 10.8. The summed E-state index contributed by atoms with van der Waals surface area (Å²) in [4.78, 5) is 21.6. The second-order valence-electron chi connectivity index (χ2n) is 8.47. The van der Waals surface area contributed by atoms with Crippen LogP contribution in [-0.2, 0) is 9.59 Å². The van der Waals surface area contributed by atoms with Gasteiger partial charge in [-0.25, -0.2) is 0 Å². The van der Waals surface area contributed by atoms with Gasteiger partial charge >= 0.3 is 11.9 Å². The highest BCUT2D eigenvalue weighted by atomic mass is 16.4. The Balaban J connectivity index is 1.36. The third kappa shape index (κ3) is 7.23. The van der Waals surface area contributed by atoms with Crippen molar-refractivity contribution in [2.75, 3.05) is 0 Å². The van der Waals surface area contributed by atoms with E-state index in [4.69, 9.17) is 10.2 Å². The smallest absolute Gasteiger partial charge is 0.303 e. The summed E-state index contributed by atoms with van der Waals surface area (Å²) in [6, 6.07) is 0. The molecule has 2 fully saturated rings. The van der Waals surface area contributed by atoms with Gasteiger partial charge in [0.15, 0.2) is 0 Å². The highest BCUT2D eigenvalue weighted by Gasteiger charge is 2.44. The molecule has 4 nitrogen and oxygen atoms in total. The number of hydrogen-bond donors (Lipinski definition) is 2. The van der Waals surface area contributed by atoms with Gasteiger partial charge in [-0.2, -0.15) is 0 Å². The van der Waals surface area contributed by atoms with Gasteiger partial charge in [0.25, 0.3) is 0 Å². The van der Waals surface area contributed by atoms with Gasteiger partial charge < -0.3 is 10.2 Å². The lowest BCUT2D eigenvalue weighted by Crippen LogP contribution is -2.08.